The smallest absolute Gasteiger partial charge is 0.369 e. The summed E-state index contributed by atoms with van der Waals surface area (Å²) >= 11 is 0. The summed E-state index contributed by atoms with van der Waals surface area (Å²) in [5.41, 5.74) is 0.102. The summed E-state index contributed by atoms with van der Waals surface area (Å²) in [5, 5.41) is 3.18. The van der Waals surface area contributed by atoms with Crippen LogP contribution in [0.5, 0.6) is 0 Å². The first-order valence-electron chi connectivity index (χ1n) is 10.2. The van der Waals surface area contributed by atoms with E-state index in [-0.39, 0.29) is 25.0 Å². The molecule has 0 bridgehead atoms. The SMILES string of the molecule is O=C([C@@H]1C[C@H](N2CCN(c3ccc(C(F)(F)F)cc3)CC2)CN1)N1C[C@@H](F)[C@@H](F)C1. The summed E-state index contributed by atoms with van der Waals surface area (Å²) in [7, 11) is 0. The Labute approximate surface area is 171 Å². The molecule has 0 aromatic heterocycles. The number of amides is 1. The minimum atomic E-state index is -4.34. The van der Waals surface area contributed by atoms with E-state index in [9.17, 15) is 26.7 Å². The standard InChI is InChI=1S/C20H25F5N4O/c21-16-11-29(12-17(16)22)19(30)18-9-15(10-26-18)28-7-5-27(6-8-28)14-3-1-13(2-4-14)20(23,24)25/h1-4,15-18,26H,5-12H2/t15-,16-,17+,18-/m0/s1. The van der Waals surface area contributed by atoms with Crippen molar-refractivity contribution in [1.82, 2.24) is 15.1 Å². The fourth-order valence-electron chi connectivity index (χ4n) is 4.51. The van der Waals surface area contributed by atoms with Crippen molar-refractivity contribution in [3.8, 4) is 0 Å². The van der Waals surface area contributed by atoms with Gasteiger partial charge in [0.25, 0.3) is 0 Å². The predicted octanol–water partition coefficient (Wildman–Crippen LogP) is 2.08. The highest BCUT2D eigenvalue weighted by Gasteiger charge is 2.41. The topological polar surface area (TPSA) is 38.8 Å². The largest absolute Gasteiger partial charge is 0.416 e. The van der Waals surface area contributed by atoms with Gasteiger partial charge in [0, 0.05) is 44.5 Å². The van der Waals surface area contributed by atoms with E-state index in [1.54, 1.807) is 0 Å². The van der Waals surface area contributed by atoms with Crippen molar-refractivity contribution in [3.05, 3.63) is 29.8 Å². The van der Waals surface area contributed by atoms with Gasteiger partial charge in [0.2, 0.25) is 5.91 Å². The van der Waals surface area contributed by atoms with E-state index in [1.807, 2.05) is 0 Å². The number of nitrogens with zero attached hydrogens (tertiary/aromatic N) is 3. The third-order valence-electron chi connectivity index (χ3n) is 6.29. The molecule has 1 aromatic rings. The first-order valence-corrected chi connectivity index (χ1v) is 10.2. The van der Waals surface area contributed by atoms with Crippen molar-refractivity contribution < 1.29 is 26.7 Å². The second-order valence-corrected chi connectivity index (χ2v) is 8.19. The van der Waals surface area contributed by atoms with Crippen LogP contribution in [0.3, 0.4) is 0 Å². The van der Waals surface area contributed by atoms with E-state index < -0.39 is 30.1 Å². The Morgan fingerprint density at radius 2 is 1.57 bits per heavy atom. The Kier molecular flexibility index (Phi) is 5.89. The van der Waals surface area contributed by atoms with Crippen LogP contribution in [-0.4, -0.2) is 85.9 Å². The van der Waals surface area contributed by atoms with Crippen LogP contribution in [0.1, 0.15) is 12.0 Å². The normalized spacial score (nSPS) is 30.8. The van der Waals surface area contributed by atoms with E-state index >= 15 is 0 Å². The molecule has 1 aromatic carbocycles. The quantitative estimate of drug-likeness (QED) is 0.743. The molecule has 3 heterocycles. The van der Waals surface area contributed by atoms with Gasteiger partial charge >= 0.3 is 6.18 Å². The van der Waals surface area contributed by atoms with Crippen molar-refractivity contribution in [2.45, 2.75) is 37.0 Å². The molecule has 166 valence electrons. The molecule has 3 aliphatic heterocycles. The number of rotatable bonds is 3. The number of carbonyl (C=O) groups excluding carboxylic acids is 1. The highest BCUT2D eigenvalue weighted by Crippen LogP contribution is 2.31. The number of alkyl halides is 5. The van der Waals surface area contributed by atoms with E-state index in [4.69, 9.17) is 0 Å². The van der Waals surface area contributed by atoms with Gasteiger partial charge in [0.15, 0.2) is 12.3 Å². The molecule has 30 heavy (non-hydrogen) atoms. The monoisotopic (exact) mass is 432 g/mol. The van der Waals surface area contributed by atoms with Crippen LogP contribution in [0.15, 0.2) is 24.3 Å². The summed E-state index contributed by atoms with van der Waals surface area (Å²) in [6.07, 6.45) is -6.97. The number of benzene rings is 1. The van der Waals surface area contributed by atoms with Crippen LogP contribution in [0.4, 0.5) is 27.6 Å². The van der Waals surface area contributed by atoms with Crippen molar-refractivity contribution in [2.75, 3.05) is 50.7 Å². The van der Waals surface area contributed by atoms with E-state index in [2.05, 4.69) is 15.1 Å². The lowest BCUT2D eigenvalue weighted by Crippen LogP contribution is -2.51. The lowest BCUT2D eigenvalue weighted by molar-refractivity contribution is -0.137. The molecule has 0 aliphatic carbocycles. The Hall–Kier alpha value is -1.94. The van der Waals surface area contributed by atoms with Crippen molar-refractivity contribution >= 4 is 11.6 Å². The Morgan fingerprint density at radius 1 is 0.967 bits per heavy atom. The Bertz CT molecular complexity index is 741. The third kappa shape index (κ3) is 4.39. The molecule has 10 heteroatoms. The Morgan fingerprint density at radius 3 is 2.13 bits per heavy atom. The predicted molar refractivity (Wildman–Crippen MR) is 102 cm³/mol. The summed E-state index contributed by atoms with van der Waals surface area (Å²) in [6, 6.07) is 4.91. The molecule has 3 fully saturated rings. The first-order chi connectivity index (χ1) is 14.2. The number of anilines is 1. The van der Waals surface area contributed by atoms with Gasteiger partial charge in [-0.25, -0.2) is 8.78 Å². The minimum absolute atomic E-state index is 0.152. The molecule has 0 saturated carbocycles. The van der Waals surface area contributed by atoms with Gasteiger partial charge in [-0.1, -0.05) is 0 Å². The average molecular weight is 432 g/mol. The molecule has 0 spiro atoms. The minimum Gasteiger partial charge on any atom is -0.369 e. The number of halogens is 5. The molecule has 3 aliphatic rings. The third-order valence-corrected chi connectivity index (χ3v) is 6.29. The second-order valence-electron chi connectivity index (χ2n) is 8.19. The highest BCUT2D eigenvalue weighted by molar-refractivity contribution is 5.82. The maximum Gasteiger partial charge on any atom is 0.416 e. The molecule has 5 nitrogen and oxygen atoms in total. The van der Waals surface area contributed by atoms with Crippen LogP contribution in [0, 0.1) is 0 Å². The zero-order valence-corrected chi connectivity index (χ0v) is 16.4. The summed E-state index contributed by atoms with van der Waals surface area (Å²) in [5.74, 6) is -0.247. The van der Waals surface area contributed by atoms with Crippen molar-refractivity contribution in [1.29, 1.82) is 0 Å². The van der Waals surface area contributed by atoms with Crippen LogP contribution in [0.2, 0.25) is 0 Å². The van der Waals surface area contributed by atoms with E-state index in [1.165, 1.54) is 17.0 Å². The molecule has 4 rings (SSSR count). The van der Waals surface area contributed by atoms with Gasteiger partial charge in [0.1, 0.15) is 0 Å². The number of likely N-dealkylation sites (tertiary alicyclic amines) is 1. The van der Waals surface area contributed by atoms with E-state index in [0.29, 0.717) is 26.1 Å². The number of hydrogen-bond donors (Lipinski definition) is 1. The molecular formula is C20H25F5N4O. The zero-order chi connectivity index (χ0) is 21.5. The lowest BCUT2D eigenvalue weighted by atomic mass is 10.1. The van der Waals surface area contributed by atoms with Gasteiger partial charge in [-0.3, -0.25) is 9.69 Å². The van der Waals surface area contributed by atoms with Crippen molar-refractivity contribution in [3.63, 3.8) is 0 Å². The van der Waals surface area contributed by atoms with Gasteiger partial charge in [-0.15, -0.1) is 0 Å². The Balaban J connectivity index is 1.27. The van der Waals surface area contributed by atoms with Gasteiger partial charge < -0.3 is 15.1 Å². The number of nitrogens with one attached hydrogen (secondary N) is 1. The first kappa shape index (κ1) is 21.3. The molecule has 0 unspecified atom stereocenters. The van der Waals surface area contributed by atoms with Gasteiger partial charge in [-0.05, 0) is 30.7 Å². The molecule has 4 atom stereocenters. The molecular weight excluding hydrogens is 407 g/mol. The fourth-order valence-corrected chi connectivity index (χ4v) is 4.51. The fraction of sp³-hybridized carbons (Fsp3) is 0.650. The van der Waals surface area contributed by atoms with E-state index in [0.717, 1.165) is 30.9 Å². The maximum atomic E-state index is 13.4. The van der Waals surface area contributed by atoms with Crippen LogP contribution in [-0.2, 0) is 11.0 Å². The maximum absolute atomic E-state index is 13.4. The highest BCUT2D eigenvalue weighted by atomic mass is 19.4. The van der Waals surface area contributed by atoms with Crippen LogP contribution < -0.4 is 10.2 Å². The van der Waals surface area contributed by atoms with Crippen molar-refractivity contribution in [2.24, 2.45) is 0 Å². The summed E-state index contributed by atoms with van der Waals surface area (Å²) in [6.45, 7) is 3.08. The number of piperazine rings is 1. The van der Waals surface area contributed by atoms with Crippen LogP contribution in [0.25, 0.3) is 0 Å². The van der Waals surface area contributed by atoms with Crippen LogP contribution >= 0.6 is 0 Å². The van der Waals surface area contributed by atoms with Gasteiger partial charge in [-0.2, -0.15) is 13.2 Å². The number of carbonyl (C=O) groups is 1. The molecule has 0 radical (unpaired) electrons. The molecule has 1 N–H and O–H groups in total. The molecule has 1 amide bonds. The molecule has 3 saturated heterocycles. The van der Waals surface area contributed by atoms with Gasteiger partial charge in [0.05, 0.1) is 24.7 Å². The number of hydrogen-bond acceptors (Lipinski definition) is 4. The second kappa shape index (κ2) is 8.30. The average Bonchev–Trinajstić information content (AvgIpc) is 3.34. The zero-order valence-electron chi connectivity index (χ0n) is 16.4. The summed E-state index contributed by atoms with van der Waals surface area (Å²) in [4.78, 5) is 18.1. The summed E-state index contributed by atoms with van der Waals surface area (Å²) < 4.78 is 64.9. The lowest BCUT2D eigenvalue weighted by Gasteiger charge is -2.39.